The molecule has 1 amide bonds. The van der Waals surface area contributed by atoms with Crippen molar-refractivity contribution in [3.05, 3.63) is 30.0 Å². The lowest BCUT2D eigenvalue weighted by atomic mass is 10.1. The fourth-order valence-corrected chi connectivity index (χ4v) is 3.14. The third kappa shape index (κ3) is 12.6. The maximum atomic E-state index is 12.5. The predicted octanol–water partition coefficient (Wildman–Crippen LogP) is 3.80. The van der Waals surface area contributed by atoms with Gasteiger partial charge >= 0.3 is 0 Å². The van der Waals surface area contributed by atoms with Crippen molar-refractivity contribution in [2.45, 2.75) is 47.5 Å². The topological polar surface area (TPSA) is 161 Å². The summed E-state index contributed by atoms with van der Waals surface area (Å²) in [4.78, 5) is 23.3. The smallest absolute Gasteiger partial charge is 0.247 e. The summed E-state index contributed by atoms with van der Waals surface area (Å²) in [5.74, 6) is 1.34. The van der Waals surface area contributed by atoms with Gasteiger partial charge in [-0.15, -0.1) is 20.4 Å². The molecule has 0 saturated carbocycles. The number of rotatable bonds is 18. The summed E-state index contributed by atoms with van der Waals surface area (Å²) in [6.45, 7) is 12.1. The molecule has 0 radical (unpaired) electrons. The van der Waals surface area contributed by atoms with Gasteiger partial charge in [0.25, 0.3) is 0 Å². The van der Waals surface area contributed by atoms with E-state index in [1.54, 1.807) is 32.0 Å². The third-order valence-electron chi connectivity index (χ3n) is 4.95. The molecule has 13 heteroatoms. The molecule has 0 saturated heterocycles. The average Bonchev–Trinajstić information content (AvgIpc) is 3.58. The number of carbonyl (C=O) groups is 2. The van der Waals surface area contributed by atoms with E-state index in [2.05, 4.69) is 25.7 Å². The van der Waals surface area contributed by atoms with Crippen LogP contribution in [0.4, 0.5) is 5.69 Å². The molecule has 0 aliphatic carbocycles. The van der Waals surface area contributed by atoms with E-state index in [1.807, 2.05) is 13.8 Å². The number of aryl methyl sites for hydroxylation is 2. The molecule has 2 heterocycles. The van der Waals surface area contributed by atoms with Gasteiger partial charge in [0, 0.05) is 37.1 Å². The Labute approximate surface area is 233 Å². The molecule has 0 unspecified atom stereocenters. The van der Waals surface area contributed by atoms with Crippen molar-refractivity contribution in [1.29, 1.82) is 0 Å². The van der Waals surface area contributed by atoms with Gasteiger partial charge in [-0.2, -0.15) is 0 Å². The minimum Gasteiger partial charge on any atom is -0.421 e. The van der Waals surface area contributed by atoms with Gasteiger partial charge in [0.2, 0.25) is 29.5 Å². The summed E-state index contributed by atoms with van der Waals surface area (Å²) in [6.07, 6.45) is 0.576. The molecule has 1 N–H and O–H groups in total. The van der Waals surface area contributed by atoms with E-state index < -0.39 is 0 Å². The van der Waals surface area contributed by atoms with Crippen LogP contribution in [0.2, 0.25) is 0 Å². The molecular formula is C27H39N5O8. The summed E-state index contributed by atoms with van der Waals surface area (Å²) >= 11 is 0. The number of ketones is 1. The Morgan fingerprint density at radius 1 is 0.675 bits per heavy atom. The number of Topliss-reactive ketones (excluding diaryl/α,β-unsaturated/α-hetero) is 1. The summed E-state index contributed by atoms with van der Waals surface area (Å²) in [5.41, 5.74) is 1.72. The maximum absolute atomic E-state index is 12.5. The van der Waals surface area contributed by atoms with Crippen molar-refractivity contribution in [2.24, 2.45) is 0 Å². The molecule has 0 aliphatic rings. The van der Waals surface area contributed by atoms with E-state index in [0.29, 0.717) is 93.0 Å². The highest BCUT2D eigenvalue weighted by molar-refractivity contribution is 5.92. The fourth-order valence-electron chi connectivity index (χ4n) is 3.14. The highest BCUT2D eigenvalue weighted by Gasteiger charge is 2.15. The van der Waals surface area contributed by atoms with Crippen molar-refractivity contribution in [1.82, 2.24) is 20.4 Å². The lowest BCUT2D eigenvalue weighted by Gasteiger charge is -2.09. The Hall–Kier alpha value is -3.52. The predicted molar refractivity (Wildman–Crippen MR) is 146 cm³/mol. The number of aromatic nitrogens is 4. The molecule has 0 aliphatic heterocycles. The number of nitrogens with one attached hydrogen (secondary N) is 1. The van der Waals surface area contributed by atoms with Gasteiger partial charge in [-0.25, -0.2) is 0 Å². The Bertz CT molecular complexity index is 1110. The van der Waals surface area contributed by atoms with Crippen molar-refractivity contribution in [3.63, 3.8) is 0 Å². The first-order chi connectivity index (χ1) is 19.4. The first kappa shape index (κ1) is 32.7. The Balaban J connectivity index is 0.00000274. The first-order valence-corrected chi connectivity index (χ1v) is 13.3. The summed E-state index contributed by atoms with van der Waals surface area (Å²) in [7, 11) is 0. The van der Waals surface area contributed by atoms with Gasteiger partial charge in [-0.05, 0) is 25.1 Å². The van der Waals surface area contributed by atoms with E-state index >= 15 is 0 Å². The van der Waals surface area contributed by atoms with Crippen molar-refractivity contribution < 1.29 is 37.4 Å². The fraction of sp³-hybridized carbons (Fsp3) is 0.556. The van der Waals surface area contributed by atoms with Crippen LogP contribution in [-0.2, 0) is 28.5 Å². The monoisotopic (exact) mass is 561 g/mol. The zero-order chi connectivity index (χ0) is 29.2. The first-order valence-electron chi connectivity index (χ1n) is 13.3. The van der Waals surface area contributed by atoms with Gasteiger partial charge < -0.3 is 33.1 Å². The second-order valence-electron chi connectivity index (χ2n) is 8.25. The number of hydrogen-bond acceptors (Lipinski definition) is 12. The third-order valence-corrected chi connectivity index (χ3v) is 4.95. The molecule has 3 rings (SSSR count). The zero-order valence-electron chi connectivity index (χ0n) is 23.9. The van der Waals surface area contributed by atoms with Gasteiger partial charge in [0.1, 0.15) is 5.78 Å². The average molecular weight is 562 g/mol. The zero-order valence-corrected chi connectivity index (χ0v) is 23.9. The number of amides is 1. The Morgan fingerprint density at radius 2 is 1.10 bits per heavy atom. The minimum absolute atomic E-state index is 0.106. The standard InChI is InChI=1S/C25H33N5O8.C2H6/c1-17(31)4-6-33-8-10-35-12-13-36-11-9-34-7-5-23(32)26-22-15-20(24-29-27-18(2)37-24)14-21(16-22)25-30-28-19(3)38-25;1-2/h14-16H,4-13H2,1-3H3,(H,26,32);1-2H3. The van der Waals surface area contributed by atoms with E-state index in [4.69, 9.17) is 27.8 Å². The van der Waals surface area contributed by atoms with Crippen LogP contribution < -0.4 is 5.32 Å². The van der Waals surface area contributed by atoms with E-state index in [0.717, 1.165) is 0 Å². The van der Waals surface area contributed by atoms with Crippen LogP contribution >= 0.6 is 0 Å². The van der Waals surface area contributed by atoms with Crippen molar-refractivity contribution >= 4 is 17.4 Å². The van der Waals surface area contributed by atoms with Crippen LogP contribution in [0.5, 0.6) is 0 Å². The second-order valence-corrected chi connectivity index (χ2v) is 8.25. The molecule has 13 nitrogen and oxygen atoms in total. The number of ether oxygens (including phenoxy) is 4. The molecule has 1 aromatic carbocycles. The van der Waals surface area contributed by atoms with E-state index in [9.17, 15) is 9.59 Å². The quantitative estimate of drug-likeness (QED) is 0.224. The van der Waals surface area contributed by atoms with Crippen LogP contribution in [0.3, 0.4) is 0 Å². The highest BCUT2D eigenvalue weighted by atomic mass is 16.6. The van der Waals surface area contributed by atoms with Crippen LogP contribution in [-0.4, -0.2) is 84.9 Å². The molecule has 0 atom stereocenters. The molecule has 0 bridgehead atoms. The summed E-state index contributed by atoms with van der Waals surface area (Å²) < 4.78 is 32.6. The largest absolute Gasteiger partial charge is 0.421 e. The van der Waals surface area contributed by atoms with Crippen LogP contribution in [0.1, 0.15) is 45.4 Å². The number of hydrogen-bond donors (Lipinski definition) is 1. The second kappa shape index (κ2) is 18.7. The van der Waals surface area contributed by atoms with Crippen LogP contribution in [0.25, 0.3) is 22.9 Å². The van der Waals surface area contributed by atoms with E-state index in [-0.39, 0.29) is 24.7 Å². The Kier molecular flexibility index (Phi) is 15.3. The van der Waals surface area contributed by atoms with Crippen molar-refractivity contribution in [3.8, 4) is 22.9 Å². The number of nitrogens with zero attached hydrogens (tertiary/aromatic N) is 4. The van der Waals surface area contributed by atoms with Gasteiger partial charge in [-0.3, -0.25) is 9.59 Å². The molecule has 0 fully saturated rings. The minimum atomic E-state index is -0.226. The lowest BCUT2D eigenvalue weighted by Crippen LogP contribution is -2.16. The van der Waals surface area contributed by atoms with Crippen molar-refractivity contribution in [2.75, 3.05) is 58.2 Å². The maximum Gasteiger partial charge on any atom is 0.247 e. The van der Waals surface area contributed by atoms with Gasteiger partial charge in [0.15, 0.2) is 0 Å². The number of anilines is 1. The molecule has 220 valence electrons. The summed E-state index contributed by atoms with van der Waals surface area (Å²) in [5, 5.41) is 18.7. The molecule has 2 aromatic heterocycles. The molecule has 40 heavy (non-hydrogen) atoms. The molecule has 3 aromatic rings. The number of carbonyl (C=O) groups excluding carboxylic acids is 2. The molecule has 0 spiro atoms. The van der Waals surface area contributed by atoms with Crippen LogP contribution in [0, 0.1) is 13.8 Å². The highest BCUT2D eigenvalue weighted by Crippen LogP contribution is 2.29. The van der Waals surface area contributed by atoms with Crippen LogP contribution in [0.15, 0.2) is 27.0 Å². The normalized spacial score (nSPS) is 10.7. The SMILES string of the molecule is CC.CC(=O)CCOCCOCCOCCOCCC(=O)Nc1cc(-c2nnc(C)o2)cc(-c2nnc(C)o2)c1. The van der Waals surface area contributed by atoms with Gasteiger partial charge in [-0.1, -0.05) is 13.8 Å². The number of benzene rings is 1. The van der Waals surface area contributed by atoms with Gasteiger partial charge in [0.05, 0.1) is 59.3 Å². The van der Waals surface area contributed by atoms with E-state index in [1.165, 1.54) is 6.92 Å². The lowest BCUT2D eigenvalue weighted by molar-refractivity contribution is -0.118. The Morgan fingerprint density at radius 3 is 1.50 bits per heavy atom. The summed E-state index contributed by atoms with van der Waals surface area (Å²) in [6, 6.07) is 5.23. The molecular weight excluding hydrogens is 522 g/mol.